The Hall–Kier alpha value is -0.940. The Kier molecular flexibility index (Phi) is 5.04. The van der Waals surface area contributed by atoms with Crippen molar-refractivity contribution in [1.82, 2.24) is 19.7 Å². The summed E-state index contributed by atoms with van der Waals surface area (Å²) in [4.78, 5) is 6.78. The lowest BCUT2D eigenvalue weighted by molar-refractivity contribution is 0.0558. The molecule has 0 aromatic carbocycles. The zero-order valence-electron chi connectivity index (χ0n) is 14.2. The van der Waals surface area contributed by atoms with Gasteiger partial charge in [0.15, 0.2) is 0 Å². The van der Waals surface area contributed by atoms with E-state index < -0.39 is 0 Å². The molecular weight excluding hydrogens is 262 g/mol. The lowest BCUT2D eigenvalue weighted by Gasteiger charge is -2.48. The normalized spacial score (nSPS) is 28.3. The average molecular weight is 293 g/mol. The summed E-state index contributed by atoms with van der Waals surface area (Å²) in [5, 5.41) is 4.33. The van der Waals surface area contributed by atoms with Gasteiger partial charge in [0, 0.05) is 24.0 Å². The van der Waals surface area contributed by atoms with Gasteiger partial charge in [-0.25, -0.2) is 9.67 Å². The Balaban J connectivity index is 2.16. The first-order valence-electron chi connectivity index (χ1n) is 8.18. The van der Waals surface area contributed by atoms with Crippen molar-refractivity contribution >= 4 is 0 Å². The van der Waals surface area contributed by atoms with E-state index in [9.17, 15) is 0 Å². The van der Waals surface area contributed by atoms with Crippen molar-refractivity contribution in [3.8, 4) is 0 Å². The molecule has 0 aliphatic heterocycles. The zero-order valence-corrected chi connectivity index (χ0v) is 14.2. The molecule has 5 nitrogen and oxygen atoms in total. The standard InChI is InChI=1S/C16H31N5/c1-12(2)21-15(18-11-19-21)10-14(17)16(20(4)5)8-6-13(3)7-9-16/h11-14H,6-10,17H2,1-5H3. The fourth-order valence-electron chi connectivity index (χ4n) is 3.65. The molecule has 1 aliphatic carbocycles. The van der Waals surface area contributed by atoms with E-state index in [4.69, 9.17) is 5.73 Å². The largest absolute Gasteiger partial charge is 0.326 e. The number of nitrogens with two attached hydrogens (primary N) is 1. The van der Waals surface area contributed by atoms with Crippen LogP contribution in [0, 0.1) is 5.92 Å². The number of likely N-dealkylation sites (N-methyl/N-ethyl adjacent to an activating group) is 1. The Morgan fingerprint density at radius 3 is 2.52 bits per heavy atom. The first kappa shape index (κ1) is 16.4. The van der Waals surface area contributed by atoms with Gasteiger partial charge in [0.05, 0.1) is 0 Å². The van der Waals surface area contributed by atoms with Gasteiger partial charge in [-0.1, -0.05) is 6.92 Å². The molecule has 0 saturated heterocycles. The molecule has 1 aromatic rings. The Labute approximate surface area is 128 Å². The summed E-state index contributed by atoms with van der Waals surface area (Å²) in [6, 6.07) is 0.429. The van der Waals surface area contributed by atoms with Crippen molar-refractivity contribution in [1.29, 1.82) is 0 Å². The van der Waals surface area contributed by atoms with Crippen LogP contribution in [0.5, 0.6) is 0 Å². The Morgan fingerprint density at radius 1 is 1.38 bits per heavy atom. The molecule has 0 bridgehead atoms. The number of rotatable bonds is 5. The predicted octanol–water partition coefficient (Wildman–Crippen LogP) is 2.24. The summed E-state index contributed by atoms with van der Waals surface area (Å²) in [5.74, 6) is 1.84. The maximum absolute atomic E-state index is 6.67. The van der Waals surface area contributed by atoms with Crippen molar-refractivity contribution in [2.24, 2.45) is 11.7 Å². The molecule has 21 heavy (non-hydrogen) atoms. The summed E-state index contributed by atoms with van der Waals surface area (Å²) in [5.41, 5.74) is 6.76. The summed E-state index contributed by atoms with van der Waals surface area (Å²) >= 11 is 0. The number of aromatic nitrogens is 3. The average Bonchev–Trinajstić information content (AvgIpc) is 2.87. The second-order valence-electron chi connectivity index (χ2n) is 7.21. The van der Waals surface area contributed by atoms with Gasteiger partial charge in [-0.3, -0.25) is 0 Å². The van der Waals surface area contributed by atoms with Gasteiger partial charge in [0.25, 0.3) is 0 Å². The van der Waals surface area contributed by atoms with Crippen LogP contribution in [0.4, 0.5) is 0 Å². The lowest BCUT2D eigenvalue weighted by Crippen LogP contribution is -2.60. The fraction of sp³-hybridized carbons (Fsp3) is 0.875. The van der Waals surface area contributed by atoms with Gasteiger partial charge in [-0.2, -0.15) is 5.10 Å². The minimum Gasteiger partial charge on any atom is -0.326 e. The third-order valence-corrected chi connectivity index (χ3v) is 5.26. The predicted molar refractivity (Wildman–Crippen MR) is 86.1 cm³/mol. The van der Waals surface area contributed by atoms with E-state index in [1.807, 2.05) is 4.68 Å². The van der Waals surface area contributed by atoms with E-state index in [2.05, 4.69) is 49.8 Å². The van der Waals surface area contributed by atoms with Gasteiger partial charge < -0.3 is 10.6 Å². The molecule has 0 radical (unpaired) electrons. The molecular formula is C16H31N5. The minimum atomic E-state index is 0.0975. The summed E-state index contributed by atoms with van der Waals surface area (Å²) in [6.07, 6.45) is 7.33. The molecule has 1 saturated carbocycles. The third kappa shape index (κ3) is 3.29. The molecule has 2 rings (SSSR count). The van der Waals surface area contributed by atoms with Gasteiger partial charge in [-0.15, -0.1) is 0 Å². The molecule has 1 atom stereocenters. The van der Waals surface area contributed by atoms with Crippen LogP contribution in [0.3, 0.4) is 0 Å². The maximum atomic E-state index is 6.67. The molecule has 0 spiro atoms. The Bertz CT molecular complexity index is 443. The molecule has 0 amide bonds. The monoisotopic (exact) mass is 293 g/mol. The topological polar surface area (TPSA) is 60.0 Å². The molecule has 120 valence electrons. The van der Waals surface area contributed by atoms with Gasteiger partial charge in [-0.05, 0) is 59.5 Å². The van der Waals surface area contributed by atoms with Crippen molar-refractivity contribution in [2.75, 3.05) is 14.1 Å². The molecule has 1 fully saturated rings. The molecule has 1 heterocycles. The highest BCUT2D eigenvalue weighted by atomic mass is 15.3. The van der Waals surface area contributed by atoms with Crippen molar-refractivity contribution in [3.05, 3.63) is 12.2 Å². The van der Waals surface area contributed by atoms with Crippen molar-refractivity contribution in [2.45, 2.75) is 70.5 Å². The van der Waals surface area contributed by atoms with E-state index in [-0.39, 0.29) is 11.6 Å². The molecule has 5 heteroatoms. The van der Waals surface area contributed by atoms with Gasteiger partial charge >= 0.3 is 0 Å². The maximum Gasteiger partial charge on any atom is 0.138 e. The second kappa shape index (κ2) is 6.44. The Morgan fingerprint density at radius 2 is 2.00 bits per heavy atom. The number of hydrogen-bond donors (Lipinski definition) is 1. The second-order valence-corrected chi connectivity index (χ2v) is 7.21. The van der Waals surface area contributed by atoms with Crippen LogP contribution in [0.25, 0.3) is 0 Å². The van der Waals surface area contributed by atoms with E-state index in [1.165, 1.54) is 25.7 Å². The van der Waals surface area contributed by atoms with Crippen molar-refractivity contribution in [3.63, 3.8) is 0 Å². The van der Waals surface area contributed by atoms with Gasteiger partial charge in [0.1, 0.15) is 12.2 Å². The summed E-state index contributed by atoms with van der Waals surface area (Å²) in [6.45, 7) is 6.61. The van der Waals surface area contributed by atoms with Crippen LogP contribution < -0.4 is 5.73 Å². The molecule has 1 aliphatic rings. The van der Waals surface area contributed by atoms with Crippen LogP contribution in [0.2, 0.25) is 0 Å². The quantitative estimate of drug-likeness (QED) is 0.904. The first-order chi connectivity index (χ1) is 9.86. The van der Waals surface area contributed by atoms with Crippen LogP contribution in [0.15, 0.2) is 6.33 Å². The lowest BCUT2D eigenvalue weighted by atomic mass is 9.71. The minimum absolute atomic E-state index is 0.0975. The van der Waals surface area contributed by atoms with E-state index in [1.54, 1.807) is 6.33 Å². The molecule has 2 N–H and O–H groups in total. The van der Waals surface area contributed by atoms with Gasteiger partial charge in [0.2, 0.25) is 0 Å². The highest BCUT2D eigenvalue weighted by molar-refractivity contribution is 5.04. The van der Waals surface area contributed by atoms with Crippen LogP contribution in [0.1, 0.15) is 58.3 Å². The van der Waals surface area contributed by atoms with E-state index in [0.29, 0.717) is 6.04 Å². The number of nitrogens with zero attached hydrogens (tertiary/aromatic N) is 4. The zero-order chi connectivity index (χ0) is 15.6. The summed E-state index contributed by atoms with van der Waals surface area (Å²) < 4.78 is 1.99. The SMILES string of the molecule is CC1CCC(C(N)Cc2ncnn2C(C)C)(N(C)C)CC1. The summed E-state index contributed by atoms with van der Waals surface area (Å²) in [7, 11) is 4.34. The van der Waals surface area contributed by atoms with Crippen LogP contribution >= 0.6 is 0 Å². The highest BCUT2D eigenvalue weighted by Crippen LogP contribution is 2.37. The van der Waals surface area contributed by atoms with Crippen LogP contribution in [-0.4, -0.2) is 45.3 Å². The van der Waals surface area contributed by atoms with E-state index in [0.717, 1.165) is 18.2 Å². The van der Waals surface area contributed by atoms with E-state index >= 15 is 0 Å². The molecule has 1 aromatic heterocycles. The number of hydrogen-bond acceptors (Lipinski definition) is 4. The first-order valence-corrected chi connectivity index (χ1v) is 8.18. The third-order valence-electron chi connectivity index (χ3n) is 5.26. The smallest absolute Gasteiger partial charge is 0.138 e. The molecule has 1 unspecified atom stereocenters. The van der Waals surface area contributed by atoms with Crippen LogP contribution in [-0.2, 0) is 6.42 Å². The fourth-order valence-corrected chi connectivity index (χ4v) is 3.65. The van der Waals surface area contributed by atoms with Crippen molar-refractivity contribution < 1.29 is 0 Å². The highest BCUT2D eigenvalue weighted by Gasteiger charge is 2.41.